The zero-order valence-corrected chi connectivity index (χ0v) is 13.8. The fourth-order valence-corrected chi connectivity index (χ4v) is 2.92. The molecule has 0 aliphatic rings. The highest BCUT2D eigenvalue weighted by molar-refractivity contribution is 5.82. The number of rotatable bonds is 5. The molecule has 2 aromatic carbocycles. The minimum atomic E-state index is 0.721. The number of nitrogens with zero attached hydrogens (tertiary/aromatic N) is 2. The van der Waals surface area contributed by atoms with Crippen LogP contribution in [-0.2, 0) is 6.54 Å². The fraction of sp³-hybridized carbons (Fsp3) is 0.316. The zero-order chi connectivity index (χ0) is 16.4. The van der Waals surface area contributed by atoms with Crippen molar-refractivity contribution in [2.75, 3.05) is 12.3 Å². The van der Waals surface area contributed by atoms with Crippen LogP contribution in [0.3, 0.4) is 0 Å². The van der Waals surface area contributed by atoms with Crippen LogP contribution >= 0.6 is 0 Å². The van der Waals surface area contributed by atoms with Gasteiger partial charge in [0, 0.05) is 17.8 Å². The van der Waals surface area contributed by atoms with Crippen LogP contribution in [0.25, 0.3) is 22.4 Å². The lowest BCUT2D eigenvalue weighted by atomic mass is 10.1. The number of imidazole rings is 1. The summed E-state index contributed by atoms with van der Waals surface area (Å²) in [5.41, 5.74) is 18.2. The van der Waals surface area contributed by atoms with Gasteiger partial charge in [0.1, 0.15) is 5.82 Å². The first kappa shape index (κ1) is 15.6. The summed E-state index contributed by atoms with van der Waals surface area (Å²) >= 11 is 0. The summed E-state index contributed by atoms with van der Waals surface area (Å²) in [6.07, 6.45) is 2.06. The number of fused-ring (bicyclic) bond motifs is 1. The van der Waals surface area contributed by atoms with Gasteiger partial charge in [0.05, 0.1) is 11.0 Å². The van der Waals surface area contributed by atoms with Crippen molar-refractivity contribution in [3.8, 4) is 11.4 Å². The minimum Gasteiger partial charge on any atom is -0.399 e. The summed E-state index contributed by atoms with van der Waals surface area (Å²) in [6, 6.07) is 12.3. The van der Waals surface area contributed by atoms with Crippen molar-refractivity contribution in [2.24, 2.45) is 5.73 Å². The highest BCUT2D eigenvalue weighted by Crippen LogP contribution is 2.28. The van der Waals surface area contributed by atoms with Crippen molar-refractivity contribution in [1.82, 2.24) is 9.55 Å². The normalized spacial score (nSPS) is 11.3. The quantitative estimate of drug-likeness (QED) is 0.558. The number of aromatic nitrogens is 2. The Morgan fingerprint density at radius 2 is 1.83 bits per heavy atom. The lowest BCUT2D eigenvalue weighted by molar-refractivity contribution is 0.631. The topological polar surface area (TPSA) is 69.9 Å². The maximum atomic E-state index is 5.96. The number of unbranched alkanes of at least 4 members (excludes halogenated alkanes) is 1. The van der Waals surface area contributed by atoms with Crippen molar-refractivity contribution in [1.29, 1.82) is 0 Å². The highest BCUT2D eigenvalue weighted by Gasteiger charge is 2.13. The number of aryl methyl sites for hydroxylation is 3. The van der Waals surface area contributed by atoms with E-state index in [1.165, 1.54) is 16.6 Å². The van der Waals surface area contributed by atoms with E-state index in [9.17, 15) is 0 Å². The van der Waals surface area contributed by atoms with Gasteiger partial charge in [-0.3, -0.25) is 0 Å². The zero-order valence-electron chi connectivity index (χ0n) is 13.8. The predicted molar refractivity (Wildman–Crippen MR) is 97.3 cm³/mol. The molecule has 1 heterocycles. The second-order valence-electron chi connectivity index (χ2n) is 6.13. The number of hydrogen-bond donors (Lipinski definition) is 2. The molecule has 0 amide bonds. The largest absolute Gasteiger partial charge is 0.399 e. The van der Waals surface area contributed by atoms with Crippen LogP contribution in [0.4, 0.5) is 5.69 Å². The van der Waals surface area contributed by atoms with Crippen molar-refractivity contribution in [3.63, 3.8) is 0 Å². The molecule has 0 bridgehead atoms. The van der Waals surface area contributed by atoms with Gasteiger partial charge in [0.25, 0.3) is 0 Å². The van der Waals surface area contributed by atoms with Crippen molar-refractivity contribution >= 4 is 16.7 Å². The smallest absolute Gasteiger partial charge is 0.141 e. The van der Waals surface area contributed by atoms with Crippen molar-refractivity contribution in [2.45, 2.75) is 33.2 Å². The van der Waals surface area contributed by atoms with E-state index in [1.54, 1.807) is 0 Å². The molecule has 23 heavy (non-hydrogen) atoms. The van der Waals surface area contributed by atoms with Gasteiger partial charge in [0.15, 0.2) is 0 Å². The third-order valence-corrected chi connectivity index (χ3v) is 4.34. The van der Waals surface area contributed by atoms with Crippen LogP contribution in [0.1, 0.15) is 24.0 Å². The third kappa shape index (κ3) is 3.08. The Balaban J connectivity index is 2.16. The van der Waals surface area contributed by atoms with Gasteiger partial charge in [-0.05, 0) is 68.6 Å². The molecule has 4 N–H and O–H groups in total. The molecule has 0 saturated carbocycles. The molecule has 0 spiro atoms. The molecular formula is C19H24N4. The fourth-order valence-electron chi connectivity index (χ4n) is 2.92. The Morgan fingerprint density at radius 1 is 1.04 bits per heavy atom. The van der Waals surface area contributed by atoms with E-state index >= 15 is 0 Å². The van der Waals surface area contributed by atoms with Gasteiger partial charge >= 0.3 is 0 Å². The SMILES string of the molecule is Cc1cc2nc(-c3cccc(N)c3)n(CCCCN)c2cc1C. The molecule has 0 fully saturated rings. The van der Waals surface area contributed by atoms with E-state index in [-0.39, 0.29) is 0 Å². The van der Waals surface area contributed by atoms with Crippen LogP contribution in [0.2, 0.25) is 0 Å². The van der Waals surface area contributed by atoms with Crippen LogP contribution in [0.5, 0.6) is 0 Å². The first-order valence-electron chi connectivity index (χ1n) is 8.13. The van der Waals surface area contributed by atoms with E-state index in [4.69, 9.17) is 16.5 Å². The van der Waals surface area contributed by atoms with Gasteiger partial charge in [-0.2, -0.15) is 0 Å². The molecule has 120 valence electrons. The summed E-state index contributed by atoms with van der Waals surface area (Å²) in [5.74, 6) is 0.981. The van der Waals surface area contributed by atoms with Crippen LogP contribution in [0.15, 0.2) is 36.4 Å². The summed E-state index contributed by atoms with van der Waals surface area (Å²) in [6.45, 7) is 5.91. The second kappa shape index (κ2) is 6.42. The predicted octanol–water partition coefficient (Wildman–Crippen LogP) is 3.64. The van der Waals surface area contributed by atoms with Gasteiger partial charge in [-0.1, -0.05) is 12.1 Å². The Hall–Kier alpha value is -2.33. The molecule has 0 saturated heterocycles. The second-order valence-corrected chi connectivity index (χ2v) is 6.13. The van der Waals surface area contributed by atoms with E-state index in [0.717, 1.165) is 48.5 Å². The third-order valence-electron chi connectivity index (χ3n) is 4.34. The highest BCUT2D eigenvalue weighted by atomic mass is 15.1. The van der Waals surface area contributed by atoms with Crippen LogP contribution in [-0.4, -0.2) is 16.1 Å². The Labute approximate surface area is 137 Å². The summed E-state index contributed by atoms with van der Waals surface area (Å²) in [4.78, 5) is 4.88. The first-order valence-corrected chi connectivity index (χ1v) is 8.13. The minimum absolute atomic E-state index is 0.721. The first-order chi connectivity index (χ1) is 11.1. The summed E-state index contributed by atoms with van der Waals surface area (Å²) < 4.78 is 2.30. The molecule has 3 rings (SSSR count). The monoisotopic (exact) mass is 308 g/mol. The number of anilines is 1. The molecule has 3 aromatic rings. The van der Waals surface area contributed by atoms with Crippen LogP contribution in [0, 0.1) is 13.8 Å². The van der Waals surface area contributed by atoms with Gasteiger partial charge in [-0.25, -0.2) is 4.98 Å². The molecule has 4 nitrogen and oxygen atoms in total. The van der Waals surface area contributed by atoms with E-state index in [1.807, 2.05) is 18.2 Å². The number of hydrogen-bond acceptors (Lipinski definition) is 3. The van der Waals surface area contributed by atoms with E-state index in [2.05, 4.69) is 36.6 Å². The molecular weight excluding hydrogens is 284 g/mol. The lowest BCUT2D eigenvalue weighted by Gasteiger charge is -2.10. The molecule has 0 aliphatic carbocycles. The average Bonchev–Trinajstić information content (AvgIpc) is 2.86. The molecule has 4 heteroatoms. The van der Waals surface area contributed by atoms with Gasteiger partial charge in [-0.15, -0.1) is 0 Å². The molecule has 1 aromatic heterocycles. The average molecular weight is 308 g/mol. The van der Waals surface area contributed by atoms with Crippen molar-refractivity contribution in [3.05, 3.63) is 47.5 Å². The molecule has 0 atom stereocenters. The Kier molecular flexibility index (Phi) is 4.35. The van der Waals surface area contributed by atoms with E-state index < -0.39 is 0 Å². The summed E-state index contributed by atoms with van der Waals surface area (Å²) in [7, 11) is 0. The Bertz CT molecular complexity index is 833. The number of benzene rings is 2. The summed E-state index contributed by atoms with van der Waals surface area (Å²) in [5, 5.41) is 0. The Morgan fingerprint density at radius 3 is 2.57 bits per heavy atom. The van der Waals surface area contributed by atoms with Gasteiger partial charge < -0.3 is 16.0 Å². The number of nitrogen functional groups attached to an aromatic ring is 1. The lowest BCUT2D eigenvalue weighted by Crippen LogP contribution is -2.05. The standard InChI is InChI=1S/C19H24N4/c1-13-10-17-18(11-14(13)2)23(9-4-3-8-20)19(22-17)15-6-5-7-16(21)12-15/h5-7,10-12H,3-4,8-9,20-21H2,1-2H3. The van der Waals surface area contributed by atoms with Crippen LogP contribution < -0.4 is 11.5 Å². The molecule has 0 radical (unpaired) electrons. The molecule has 0 unspecified atom stereocenters. The van der Waals surface area contributed by atoms with Crippen molar-refractivity contribution < 1.29 is 0 Å². The maximum Gasteiger partial charge on any atom is 0.141 e. The maximum absolute atomic E-state index is 5.96. The number of nitrogens with two attached hydrogens (primary N) is 2. The van der Waals surface area contributed by atoms with Gasteiger partial charge in [0.2, 0.25) is 0 Å². The van der Waals surface area contributed by atoms with E-state index in [0.29, 0.717) is 0 Å². The molecule has 0 aliphatic heterocycles.